The SMILES string of the molecule is Cc1cc(C(=O)N2CCNCC2c2cccc(F)c2)ccc1-n1cncn1. The molecule has 0 saturated carbocycles. The minimum absolute atomic E-state index is 0.0565. The van der Waals surface area contributed by atoms with Crippen LogP contribution in [0.25, 0.3) is 5.69 Å². The summed E-state index contributed by atoms with van der Waals surface area (Å²) in [6.07, 6.45) is 3.10. The Balaban J connectivity index is 1.63. The highest BCUT2D eigenvalue weighted by Gasteiger charge is 2.29. The lowest BCUT2D eigenvalue weighted by atomic mass is 10.0. The maximum Gasteiger partial charge on any atom is 0.254 e. The molecule has 1 aliphatic heterocycles. The lowest BCUT2D eigenvalue weighted by Gasteiger charge is -2.36. The summed E-state index contributed by atoms with van der Waals surface area (Å²) in [6.45, 7) is 3.83. The molecule has 2 heterocycles. The van der Waals surface area contributed by atoms with Crippen LogP contribution in [0.2, 0.25) is 0 Å². The largest absolute Gasteiger partial charge is 0.329 e. The average Bonchev–Trinajstić information content (AvgIpc) is 3.22. The predicted molar refractivity (Wildman–Crippen MR) is 99.1 cm³/mol. The Morgan fingerprint density at radius 2 is 2.15 bits per heavy atom. The topological polar surface area (TPSA) is 63.1 Å². The summed E-state index contributed by atoms with van der Waals surface area (Å²) in [4.78, 5) is 19.0. The van der Waals surface area contributed by atoms with Crippen molar-refractivity contribution in [2.24, 2.45) is 0 Å². The minimum Gasteiger partial charge on any atom is -0.329 e. The fourth-order valence-corrected chi connectivity index (χ4v) is 3.50. The van der Waals surface area contributed by atoms with Crippen LogP contribution in [0.15, 0.2) is 55.1 Å². The van der Waals surface area contributed by atoms with Crippen molar-refractivity contribution in [1.82, 2.24) is 25.0 Å². The smallest absolute Gasteiger partial charge is 0.254 e. The second kappa shape index (κ2) is 7.28. The number of carbonyl (C=O) groups excluding carboxylic acids is 1. The number of hydrogen-bond donors (Lipinski definition) is 1. The standard InChI is InChI=1S/C20H20FN5O/c1-14-9-16(5-6-18(14)26-13-23-12-24-26)20(27)25-8-7-22-11-19(25)15-3-2-4-17(21)10-15/h2-6,9-10,12-13,19,22H,7-8,11H2,1H3. The van der Waals surface area contributed by atoms with E-state index in [2.05, 4.69) is 15.4 Å². The van der Waals surface area contributed by atoms with Gasteiger partial charge in [-0.2, -0.15) is 5.10 Å². The maximum atomic E-state index is 13.7. The van der Waals surface area contributed by atoms with Crippen molar-refractivity contribution >= 4 is 5.91 Å². The van der Waals surface area contributed by atoms with E-state index in [1.807, 2.05) is 30.0 Å². The quantitative estimate of drug-likeness (QED) is 0.775. The summed E-state index contributed by atoms with van der Waals surface area (Å²) >= 11 is 0. The number of aryl methyl sites for hydroxylation is 1. The summed E-state index contributed by atoms with van der Waals surface area (Å²) in [5.74, 6) is -0.350. The lowest BCUT2D eigenvalue weighted by molar-refractivity contribution is 0.0634. The molecule has 1 amide bonds. The Labute approximate surface area is 156 Å². The Morgan fingerprint density at radius 1 is 1.26 bits per heavy atom. The van der Waals surface area contributed by atoms with Crippen molar-refractivity contribution in [2.45, 2.75) is 13.0 Å². The molecule has 6 nitrogen and oxygen atoms in total. The van der Waals surface area contributed by atoms with Crippen LogP contribution in [0, 0.1) is 12.7 Å². The molecular weight excluding hydrogens is 345 g/mol. The first kappa shape index (κ1) is 17.4. The van der Waals surface area contributed by atoms with Crippen molar-refractivity contribution in [1.29, 1.82) is 0 Å². The number of amides is 1. The molecule has 1 aliphatic rings. The van der Waals surface area contributed by atoms with E-state index in [4.69, 9.17) is 0 Å². The van der Waals surface area contributed by atoms with Crippen molar-refractivity contribution in [2.75, 3.05) is 19.6 Å². The highest BCUT2D eigenvalue weighted by atomic mass is 19.1. The molecule has 1 aromatic heterocycles. The second-order valence-electron chi connectivity index (χ2n) is 6.61. The number of carbonyl (C=O) groups is 1. The number of rotatable bonds is 3. The van der Waals surface area contributed by atoms with E-state index in [0.717, 1.165) is 16.8 Å². The zero-order valence-electron chi connectivity index (χ0n) is 15.0. The van der Waals surface area contributed by atoms with E-state index in [-0.39, 0.29) is 17.8 Å². The number of nitrogens with one attached hydrogen (secondary N) is 1. The molecule has 3 aromatic rings. The number of hydrogen-bond acceptors (Lipinski definition) is 4. The summed E-state index contributed by atoms with van der Waals surface area (Å²) in [5, 5.41) is 7.43. The highest BCUT2D eigenvalue weighted by Crippen LogP contribution is 2.26. The van der Waals surface area contributed by atoms with Gasteiger partial charge in [0.15, 0.2) is 0 Å². The molecule has 1 fully saturated rings. The molecule has 7 heteroatoms. The summed E-state index contributed by atoms with van der Waals surface area (Å²) in [6, 6.07) is 11.8. The Kier molecular flexibility index (Phi) is 4.68. The van der Waals surface area contributed by atoms with Crippen LogP contribution in [0.5, 0.6) is 0 Å². The van der Waals surface area contributed by atoms with Gasteiger partial charge in [0, 0.05) is 25.2 Å². The number of piperazine rings is 1. The van der Waals surface area contributed by atoms with E-state index in [9.17, 15) is 9.18 Å². The van der Waals surface area contributed by atoms with Crippen LogP contribution < -0.4 is 5.32 Å². The third-order valence-corrected chi connectivity index (χ3v) is 4.85. The van der Waals surface area contributed by atoms with E-state index < -0.39 is 0 Å². The van der Waals surface area contributed by atoms with Gasteiger partial charge in [-0.1, -0.05) is 12.1 Å². The molecule has 2 aromatic carbocycles. The Bertz CT molecular complexity index is 957. The molecule has 1 atom stereocenters. The van der Waals surface area contributed by atoms with Crippen LogP contribution in [0.4, 0.5) is 4.39 Å². The molecule has 1 unspecified atom stereocenters. The molecule has 0 aliphatic carbocycles. The van der Waals surface area contributed by atoms with Crippen LogP contribution in [0.1, 0.15) is 27.5 Å². The first-order valence-corrected chi connectivity index (χ1v) is 8.86. The van der Waals surface area contributed by atoms with Crippen LogP contribution in [0.3, 0.4) is 0 Å². The monoisotopic (exact) mass is 365 g/mol. The van der Waals surface area contributed by atoms with Gasteiger partial charge in [-0.15, -0.1) is 0 Å². The van der Waals surface area contributed by atoms with Gasteiger partial charge in [0.25, 0.3) is 5.91 Å². The lowest BCUT2D eigenvalue weighted by Crippen LogP contribution is -2.48. The molecule has 1 saturated heterocycles. The fourth-order valence-electron chi connectivity index (χ4n) is 3.50. The average molecular weight is 365 g/mol. The van der Waals surface area contributed by atoms with Gasteiger partial charge in [0.1, 0.15) is 18.5 Å². The molecule has 1 N–H and O–H groups in total. The highest BCUT2D eigenvalue weighted by molar-refractivity contribution is 5.95. The second-order valence-corrected chi connectivity index (χ2v) is 6.61. The van der Waals surface area contributed by atoms with Gasteiger partial charge in [-0.25, -0.2) is 14.1 Å². The number of halogens is 1. The maximum absolute atomic E-state index is 13.7. The third-order valence-electron chi connectivity index (χ3n) is 4.85. The fraction of sp³-hybridized carbons (Fsp3) is 0.250. The van der Waals surface area contributed by atoms with Gasteiger partial charge in [-0.05, 0) is 48.4 Å². The number of aromatic nitrogens is 3. The molecular formula is C20H20FN5O. The number of benzene rings is 2. The minimum atomic E-state index is -0.293. The van der Waals surface area contributed by atoms with E-state index in [0.29, 0.717) is 25.2 Å². The third kappa shape index (κ3) is 3.46. The van der Waals surface area contributed by atoms with Crippen LogP contribution >= 0.6 is 0 Å². The number of nitrogens with zero attached hydrogens (tertiary/aromatic N) is 4. The molecule has 0 spiro atoms. The molecule has 27 heavy (non-hydrogen) atoms. The first-order chi connectivity index (χ1) is 13.1. The van der Waals surface area contributed by atoms with E-state index in [1.165, 1.54) is 18.5 Å². The van der Waals surface area contributed by atoms with Crippen molar-refractivity contribution in [3.8, 4) is 5.69 Å². The summed E-state index contributed by atoms with van der Waals surface area (Å²) in [5.41, 5.74) is 3.22. The van der Waals surface area contributed by atoms with E-state index in [1.54, 1.807) is 23.1 Å². The van der Waals surface area contributed by atoms with Crippen molar-refractivity contribution in [3.05, 3.63) is 77.6 Å². The zero-order chi connectivity index (χ0) is 18.8. The van der Waals surface area contributed by atoms with Gasteiger partial charge in [-0.3, -0.25) is 4.79 Å². The Hall–Kier alpha value is -3.06. The van der Waals surface area contributed by atoms with Gasteiger partial charge < -0.3 is 10.2 Å². The van der Waals surface area contributed by atoms with Gasteiger partial charge in [0.05, 0.1) is 11.7 Å². The first-order valence-electron chi connectivity index (χ1n) is 8.86. The van der Waals surface area contributed by atoms with Crippen LogP contribution in [-0.4, -0.2) is 45.2 Å². The normalized spacial score (nSPS) is 17.1. The van der Waals surface area contributed by atoms with Crippen LogP contribution in [-0.2, 0) is 0 Å². The van der Waals surface area contributed by atoms with Crippen molar-refractivity contribution in [3.63, 3.8) is 0 Å². The van der Waals surface area contributed by atoms with Crippen molar-refractivity contribution < 1.29 is 9.18 Å². The zero-order valence-corrected chi connectivity index (χ0v) is 15.0. The Morgan fingerprint density at radius 3 is 2.89 bits per heavy atom. The van der Waals surface area contributed by atoms with Gasteiger partial charge >= 0.3 is 0 Å². The van der Waals surface area contributed by atoms with Gasteiger partial charge in [0.2, 0.25) is 0 Å². The predicted octanol–water partition coefficient (Wildman–Crippen LogP) is 2.50. The summed E-state index contributed by atoms with van der Waals surface area (Å²) < 4.78 is 15.3. The molecule has 0 bridgehead atoms. The molecule has 4 rings (SSSR count). The molecule has 138 valence electrons. The molecule has 0 radical (unpaired) electrons. The van der Waals surface area contributed by atoms with E-state index >= 15 is 0 Å². The summed E-state index contributed by atoms with van der Waals surface area (Å²) in [7, 11) is 0.